The van der Waals surface area contributed by atoms with Crippen molar-refractivity contribution in [2.75, 3.05) is 0 Å². The Morgan fingerprint density at radius 2 is 1.26 bits per heavy atom. The molecule has 1 aromatic heterocycles. The van der Waals surface area contributed by atoms with Crippen molar-refractivity contribution >= 4 is 35.7 Å². The monoisotopic (exact) mass is 438 g/mol. The summed E-state index contributed by atoms with van der Waals surface area (Å²) in [6.07, 6.45) is -11.6. The highest BCUT2D eigenvalue weighted by atomic mass is 19.4. The third-order valence-electron chi connectivity index (χ3n) is 5.34. The van der Waals surface area contributed by atoms with E-state index in [1.54, 1.807) is 0 Å². The summed E-state index contributed by atoms with van der Waals surface area (Å²) >= 11 is 0. The molecule has 0 fully saturated rings. The van der Waals surface area contributed by atoms with Gasteiger partial charge in [0.15, 0.2) is 0 Å². The molecule has 2 aromatic carbocycles. The van der Waals surface area contributed by atoms with Crippen molar-refractivity contribution < 1.29 is 40.3 Å². The molecule has 0 unspecified atom stereocenters. The molecular formula is C22H12F6O3. The van der Waals surface area contributed by atoms with Crippen LogP contribution in [0, 0.1) is 0 Å². The Labute approximate surface area is 170 Å². The molecule has 0 spiro atoms. The molecule has 3 aromatic rings. The second kappa shape index (κ2) is 6.26. The number of hydrogen-bond donors (Lipinski definition) is 0. The van der Waals surface area contributed by atoms with Gasteiger partial charge in [0.2, 0.25) is 5.41 Å². The van der Waals surface area contributed by atoms with Crippen LogP contribution < -0.4 is 10.8 Å². The van der Waals surface area contributed by atoms with Crippen molar-refractivity contribution in [1.82, 2.24) is 0 Å². The smallest absolute Gasteiger partial charge is 0.411 e. The van der Waals surface area contributed by atoms with Gasteiger partial charge in [-0.05, 0) is 29.3 Å². The number of alkyl halides is 6. The lowest BCUT2D eigenvalue weighted by atomic mass is 9.72. The fourth-order valence-electron chi connectivity index (χ4n) is 3.90. The molecule has 9 heteroatoms. The Kier molecular flexibility index (Phi) is 4.19. The molecule has 0 atom stereocenters. The van der Waals surface area contributed by atoms with Gasteiger partial charge in [-0.25, -0.2) is 4.79 Å². The molecule has 0 N–H and O–H groups in total. The lowest BCUT2D eigenvalue weighted by molar-refractivity contribution is -0.288. The van der Waals surface area contributed by atoms with E-state index in [1.165, 1.54) is 0 Å². The summed E-state index contributed by atoms with van der Waals surface area (Å²) in [7, 11) is 0. The highest BCUT2D eigenvalue weighted by Gasteiger charge is 2.72. The molecule has 160 valence electrons. The van der Waals surface area contributed by atoms with Crippen molar-refractivity contribution in [3.63, 3.8) is 0 Å². The molecule has 0 bridgehead atoms. The van der Waals surface area contributed by atoms with E-state index >= 15 is 0 Å². The largest absolute Gasteiger partial charge is 0.457 e. The maximum Gasteiger partial charge on any atom is 0.411 e. The summed E-state index contributed by atoms with van der Waals surface area (Å²) in [5, 5.41) is 0.220. The minimum Gasteiger partial charge on any atom is -0.457 e. The molecule has 1 aliphatic heterocycles. The zero-order valence-corrected chi connectivity index (χ0v) is 15.6. The molecule has 4 rings (SSSR count). The first kappa shape index (κ1) is 20.8. The van der Waals surface area contributed by atoms with Gasteiger partial charge in [-0.15, -0.1) is 0 Å². The molecule has 31 heavy (non-hydrogen) atoms. The van der Waals surface area contributed by atoms with E-state index in [0.29, 0.717) is 12.1 Å². The van der Waals surface area contributed by atoms with Gasteiger partial charge in [-0.3, -0.25) is 0 Å². The third kappa shape index (κ3) is 2.72. The second-order valence-corrected chi connectivity index (χ2v) is 7.03. The lowest BCUT2D eigenvalue weighted by Gasteiger charge is -2.38. The van der Waals surface area contributed by atoms with E-state index in [4.69, 9.17) is 9.15 Å². The van der Waals surface area contributed by atoms with E-state index < -0.39 is 34.9 Å². The van der Waals surface area contributed by atoms with Gasteiger partial charge in [0.05, 0.1) is 5.56 Å². The quantitative estimate of drug-likeness (QED) is 0.426. The summed E-state index contributed by atoms with van der Waals surface area (Å²) in [5.41, 5.74) is -7.06. The molecule has 2 heterocycles. The van der Waals surface area contributed by atoms with Gasteiger partial charge in [0, 0.05) is 16.3 Å². The number of benzene rings is 2. The third-order valence-corrected chi connectivity index (χ3v) is 5.34. The standard InChI is InChI=1S/C22H12F6O3/c1-10-15-6-4-13(8-17(15)11(2)30-10)20(21(23,24)25,22(26,27)28)14-5-7-16-18(9-14)12(3)31-19(16)29/h4-9H,1-3H2. The normalized spacial score (nSPS) is 14.8. The van der Waals surface area contributed by atoms with Crippen molar-refractivity contribution in [1.29, 1.82) is 0 Å². The summed E-state index contributed by atoms with van der Waals surface area (Å²) in [6.45, 7) is 10.5. The summed E-state index contributed by atoms with van der Waals surface area (Å²) in [5.74, 6) is -1.23. The van der Waals surface area contributed by atoms with Crippen LogP contribution in [-0.4, -0.2) is 18.3 Å². The van der Waals surface area contributed by atoms with Gasteiger partial charge in [-0.2, -0.15) is 26.3 Å². The van der Waals surface area contributed by atoms with Gasteiger partial charge in [-0.1, -0.05) is 37.9 Å². The minimum atomic E-state index is -5.80. The van der Waals surface area contributed by atoms with E-state index in [9.17, 15) is 31.1 Å². The maximum absolute atomic E-state index is 14.4. The van der Waals surface area contributed by atoms with Crippen molar-refractivity contribution in [2.24, 2.45) is 0 Å². The minimum absolute atomic E-state index is 0.0237. The Morgan fingerprint density at radius 3 is 1.87 bits per heavy atom. The van der Waals surface area contributed by atoms with Crippen LogP contribution in [0.25, 0.3) is 29.7 Å². The zero-order valence-electron chi connectivity index (χ0n) is 15.6. The number of furan rings is 1. The second-order valence-electron chi connectivity index (χ2n) is 7.03. The van der Waals surface area contributed by atoms with Crippen LogP contribution in [0.15, 0.2) is 47.4 Å². The number of fused-ring (bicyclic) bond motifs is 2. The van der Waals surface area contributed by atoms with E-state index in [0.717, 1.165) is 24.3 Å². The first-order valence-electron chi connectivity index (χ1n) is 8.69. The van der Waals surface area contributed by atoms with Crippen LogP contribution in [0.2, 0.25) is 0 Å². The molecular weight excluding hydrogens is 426 g/mol. The predicted octanol–water partition coefficient (Wildman–Crippen LogP) is 4.81. The van der Waals surface area contributed by atoms with Crippen LogP contribution >= 0.6 is 0 Å². The predicted molar refractivity (Wildman–Crippen MR) is 100 cm³/mol. The summed E-state index contributed by atoms with van der Waals surface area (Å²) in [6, 6.07) is 4.69. The van der Waals surface area contributed by atoms with Gasteiger partial charge in [0.1, 0.15) is 16.6 Å². The molecule has 3 nitrogen and oxygen atoms in total. The Hall–Kier alpha value is -3.49. The fraction of sp³-hybridized carbons (Fsp3) is 0.136. The van der Waals surface area contributed by atoms with E-state index in [-0.39, 0.29) is 38.5 Å². The average Bonchev–Trinajstić information content (AvgIpc) is 3.09. The fourth-order valence-corrected chi connectivity index (χ4v) is 3.90. The van der Waals surface area contributed by atoms with Crippen molar-refractivity contribution in [3.8, 4) is 0 Å². The van der Waals surface area contributed by atoms with Gasteiger partial charge in [0.25, 0.3) is 0 Å². The SMILES string of the molecule is C=C1OC(=O)c2ccc(C(c3ccc4c(=C)oc(=C)c4c3)(C(F)(F)F)C(F)(F)F)cc21. The van der Waals surface area contributed by atoms with Crippen molar-refractivity contribution in [2.45, 2.75) is 17.8 Å². The molecule has 1 aliphatic rings. The number of ether oxygens (including phenoxy) is 1. The number of rotatable bonds is 2. The van der Waals surface area contributed by atoms with Gasteiger partial charge >= 0.3 is 18.3 Å². The number of cyclic esters (lactones) is 1. The zero-order chi connectivity index (χ0) is 22.9. The molecule has 0 radical (unpaired) electrons. The first-order valence-corrected chi connectivity index (χ1v) is 8.69. The van der Waals surface area contributed by atoms with Crippen LogP contribution in [0.3, 0.4) is 0 Å². The van der Waals surface area contributed by atoms with E-state index in [2.05, 4.69) is 19.7 Å². The lowest BCUT2D eigenvalue weighted by Crippen LogP contribution is -2.54. The average molecular weight is 438 g/mol. The first-order chi connectivity index (χ1) is 14.3. The van der Waals surface area contributed by atoms with Crippen LogP contribution in [-0.2, 0) is 10.2 Å². The highest BCUT2D eigenvalue weighted by Crippen LogP contribution is 2.56. The van der Waals surface area contributed by atoms with Crippen LogP contribution in [0.5, 0.6) is 0 Å². The number of carbonyl (C=O) groups is 1. The summed E-state index contributed by atoms with van der Waals surface area (Å²) in [4.78, 5) is 11.7. The highest BCUT2D eigenvalue weighted by molar-refractivity contribution is 6.02. The summed E-state index contributed by atoms with van der Waals surface area (Å²) < 4.78 is 96.2. The maximum atomic E-state index is 14.4. The molecule has 0 saturated carbocycles. The number of hydrogen-bond acceptors (Lipinski definition) is 3. The van der Waals surface area contributed by atoms with Crippen LogP contribution in [0.1, 0.15) is 27.0 Å². The Morgan fingerprint density at radius 1 is 0.710 bits per heavy atom. The number of carbonyl (C=O) groups excluding carboxylic acids is 1. The van der Waals surface area contributed by atoms with Crippen LogP contribution in [0.4, 0.5) is 26.3 Å². The van der Waals surface area contributed by atoms with E-state index in [1.807, 2.05) is 0 Å². The van der Waals surface area contributed by atoms with Gasteiger partial charge < -0.3 is 9.15 Å². The molecule has 0 aliphatic carbocycles. The van der Waals surface area contributed by atoms with Crippen molar-refractivity contribution in [3.05, 3.63) is 76.1 Å². The number of halogens is 6. The number of esters is 1. The Balaban J connectivity index is 2.12. The topological polar surface area (TPSA) is 39.4 Å². The molecule has 0 amide bonds. The molecule has 0 saturated heterocycles. The Bertz CT molecular complexity index is 1350.